The zero-order valence-corrected chi connectivity index (χ0v) is 19.0. The molecule has 3 rings (SSSR count). The predicted molar refractivity (Wildman–Crippen MR) is 118 cm³/mol. The van der Waals surface area contributed by atoms with E-state index in [0.717, 1.165) is 18.4 Å². The fourth-order valence-corrected chi connectivity index (χ4v) is 4.37. The second-order valence-electron chi connectivity index (χ2n) is 8.11. The van der Waals surface area contributed by atoms with Crippen molar-refractivity contribution < 1.29 is 17.2 Å². The molecule has 0 atom stereocenters. The van der Waals surface area contributed by atoms with Crippen molar-refractivity contribution in [1.29, 1.82) is 5.26 Å². The molecule has 5 nitrogen and oxygen atoms in total. The molecule has 2 aromatic carbocycles. The lowest BCUT2D eigenvalue weighted by Crippen LogP contribution is -2.16. The highest BCUT2D eigenvalue weighted by atomic mass is 32.2. The van der Waals surface area contributed by atoms with Gasteiger partial charge in [0.15, 0.2) is 21.1 Å². The molecule has 0 spiro atoms. The van der Waals surface area contributed by atoms with Gasteiger partial charge in [0.05, 0.1) is 38.7 Å². The first-order valence-corrected chi connectivity index (χ1v) is 14.5. The number of hydrogen-bond acceptors (Lipinski definition) is 4. The van der Waals surface area contributed by atoms with E-state index in [1.165, 1.54) is 18.2 Å². The Kier molecular flexibility index (Phi) is 5.61. The Hall–Kier alpha value is -3.27. The van der Waals surface area contributed by atoms with E-state index in [0.29, 0.717) is 0 Å². The van der Waals surface area contributed by atoms with Crippen molar-refractivity contribution in [3.63, 3.8) is 0 Å². The van der Waals surface area contributed by atoms with Gasteiger partial charge in [0, 0.05) is 17.9 Å². The molecular weight excluding hydrogens is 438 g/mol. The van der Waals surface area contributed by atoms with Crippen molar-refractivity contribution in [3.05, 3.63) is 63.3 Å². The number of nitrogens with zero attached hydrogens (tertiary/aromatic N) is 1. The number of H-pyrrole nitrogens is 1. The van der Waals surface area contributed by atoms with Gasteiger partial charge in [-0.15, -0.1) is 5.54 Å². The van der Waals surface area contributed by atoms with E-state index < -0.39 is 40.5 Å². The number of benzene rings is 2. The Morgan fingerprint density at radius 1 is 1.10 bits per heavy atom. The molecule has 0 amide bonds. The molecule has 158 valence electrons. The van der Waals surface area contributed by atoms with Crippen LogP contribution < -0.4 is 5.43 Å². The summed E-state index contributed by atoms with van der Waals surface area (Å²) in [6.45, 7) is 5.76. The quantitative estimate of drug-likeness (QED) is 0.467. The summed E-state index contributed by atoms with van der Waals surface area (Å²) in [5.74, 6) is 0.525. The maximum atomic E-state index is 15.0. The fraction of sp³-hybridized carbons (Fsp3) is 0.182. The second-order valence-corrected chi connectivity index (χ2v) is 14.8. The number of nitrogens with one attached hydrogen (secondary N) is 1. The highest BCUT2D eigenvalue weighted by Gasteiger charge is 2.20. The summed E-state index contributed by atoms with van der Waals surface area (Å²) in [7, 11) is -5.63. The Morgan fingerprint density at radius 2 is 1.77 bits per heavy atom. The van der Waals surface area contributed by atoms with E-state index in [1.54, 1.807) is 0 Å². The van der Waals surface area contributed by atoms with Gasteiger partial charge < -0.3 is 4.98 Å². The van der Waals surface area contributed by atoms with Gasteiger partial charge in [-0.25, -0.2) is 17.2 Å². The lowest BCUT2D eigenvalue weighted by Gasteiger charge is -2.11. The maximum Gasteiger partial charge on any atom is 0.193 e. The lowest BCUT2D eigenvalue weighted by molar-refractivity contribution is 0.585. The van der Waals surface area contributed by atoms with Crippen LogP contribution >= 0.6 is 0 Å². The molecule has 0 unspecified atom stereocenters. The normalized spacial score (nSPS) is 11.6. The summed E-state index contributed by atoms with van der Waals surface area (Å²) < 4.78 is 54.0. The van der Waals surface area contributed by atoms with Crippen molar-refractivity contribution in [2.24, 2.45) is 0 Å². The summed E-state index contributed by atoms with van der Waals surface area (Å²) in [4.78, 5) is 15.3. The van der Waals surface area contributed by atoms with Crippen LogP contribution in [0.5, 0.6) is 0 Å². The third-order valence-electron chi connectivity index (χ3n) is 4.37. The van der Waals surface area contributed by atoms with Gasteiger partial charge in [0.25, 0.3) is 0 Å². The minimum absolute atomic E-state index is 0.0229. The van der Waals surface area contributed by atoms with E-state index in [1.807, 2.05) is 25.7 Å². The largest absolute Gasteiger partial charge is 0.354 e. The van der Waals surface area contributed by atoms with Crippen LogP contribution in [0.3, 0.4) is 0 Å². The Labute approximate surface area is 179 Å². The minimum Gasteiger partial charge on any atom is -0.354 e. The monoisotopic (exact) mass is 456 g/mol. The SMILES string of the molecule is C[Si](C)(C)C#Cc1c(F)cc2[nH]c(-c3cc(C#N)ccc3S(C)(=O)=O)cc(=O)c2c1F. The molecule has 0 radical (unpaired) electrons. The number of nitriles is 1. The summed E-state index contributed by atoms with van der Waals surface area (Å²) in [6, 6.07) is 7.78. The molecule has 0 aliphatic carbocycles. The van der Waals surface area contributed by atoms with Crippen molar-refractivity contribution in [3.8, 4) is 28.8 Å². The van der Waals surface area contributed by atoms with Crippen molar-refractivity contribution in [1.82, 2.24) is 4.98 Å². The number of pyridine rings is 1. The predicted octanol–water partition coefficient (Wildman–Crippen LogP) is 3.98. The fourth-order valence-electron chi connectivity index (χ4n) is 2.99. The van der Waals surface area contributed by atoms with Crippen molar-refractivity contribution in [2.75, 3.05) is 6.26 Å². The zero-order valence-electron chi connectivity index (χ0n) is 17.2. The number of aromatic amines is 1. The van der Waals surface area contributed by atoms with Gasteiger partial charge in [0.2, 0.25) is 0 Å². The van der Waals surface area contributed by atoms with Crippen LogP contribution in [-0.2, 0) is 9.84 Å². The van der Waals surface area contributed by atoms with Crippen LogP contribution in [-0.4, -0.2) is 27.7 Å². The number of aromatic nitrogens is 1. The molecule has 1 aromatic heterocycles. The third-order valence-corrected chi connectivity index (χ3v) is 6.40. The van der Waals surface area contributed by atoms with E-state index in [2.05, 4.69) is 16.4 Å². The van der Waals surface area contributed by atoms with Crippen LogP contribution in [0.15, 0.2) is 40.0 Å². The summed E-state index contributed by atoms with van der Waals surface area (Å²) in [6.07, 6.45) is 0.986. The summed E-state index contributed by atoms with van der Waals surface area (Å²) in [5.41, 5.74) is 1.74. The topological polar surface area (TPSA) is 90.8 Å². The van der Waals surface area contributed by atoms with Gasteiger partial charge >= 0.3 is 0 Å². The van der Waals surface area contributed by atoms with E-state index in [4.69, 9.17) is 5.26 Å². The molecule has 3 aromatic rings. The molecule has 0 fully saturated rings. The molecule has 9 heteroatoms. The van der Waals surface area contributed by atoms with Crippen LogP contribution in [0.2, 0.25) is 19.6 Å². The molecular formula is C22H18F2N2O3SSi. The molecule has 1 N–H and O–H groups in total. The average molecular weight is 457 g/mol. The standard InChI is InChI=1S/C22H18F2N2O3SSi/c1-30(28,29)20-6-5-13(12-25)9-15(20)17-11-19(27)21-18(26-17)10-16(23)14(22(21)24)7-8-31(2,3)4/h5-6,9-11H,1-4H3,(H,26,27). The number of sulfone groups is 1. The Bertz CT molecular complexity index is 1500. The van der Waals surface area contributed by atoms with Crippen LogP contribution in [0, 0.1) is 34.4 Å². The van der Waals surface area contributed by atoms with Gasteiger partial charge in [0.1, 0.15) is 13.9 Å². The molecule has 0 saturated carbocycles. The van der Waals surface area contributed by atoms with Gasteiger partial charge in [-0.3, -0.25) is 4.79 Å². The first-order valence-electron chi connectivity index (χ1n) is 9.14. The van der Waals surface area contributed by atoms with Crippen molar-refractivity contribution in [2.45, 2.75) is 24.5 Å². The van der Waals surface area contributed by atoms with E-state index >= 15 is 4.39 Å². The second kappa shape index (κ2) is 7.77. The van der Waals surface area contributed by atoms with Gasteiger partial charge in [-0.2, -0.15) is 5.26 Å². The zero-order chi connectivity index (χ0) is 23.1. The molecule has 1 heterocycles. The first-order chi connectivity index (χ1) is 14.3. The van der Waals surface area contributed by atoms with Crippen LogP contribution in [0.4, 0.5) is 8.78 Å². The molecule has 0 saturated heterocycles. The van der Waals surface area contributed by atoms with Gasteiger partial charge in [-0.05, 0) is 24.3 Å². The summed E-state index contributed by atoms with van der Waals surface area (Å²) in [5, 5.41) is 8.79. The first kappa shape index (κ1) is 22.4. The van der Waals surface area contributed by atoms with E-state index in [9.17, 15) is 17.6 Å². The Balaban J connectivity index is 2.35. The number of halogens is 2. The smallest absolute Gasteiger partial charge is 0.193 e. The lowest BCUT2D eigenvalue weighted by atomic mass is 10.0. The summed E-state index contributed by atoms with van der Waals surface area (Å²) >= 11 is 0. The number of rotatable bonds is 2. The number of hydrogen-bond donors (Lipinski definition) is 1. The third kappa shape index (κ3) is 4.58. The van der Waals surface area contributed by atoms with Crippen molar-refractivity contribution >= 4 is 28.8 Å². The highest BCUT2D eigenvalue weighted by molar-refractivity contribution is 7.90. The Morgan fingerprint density at radius 3 is 2.35 bits per heavy atom. The molecule has 0 aliphatic rings. The van der Waals surface area contributed by atoms with E-state index in [-0.39, 0.29) is 32.6 Å². The molecule has 31 heavy (non-hydrogen) atoms. The molecule has 0 bridgehead atoms. The highest BCUT2D eigenvalue weighted by Crippen LogP contribution is 2.29. The maximum absolute atomic E-state index is 15.0. The number of fused-ring (bicyclic) bond motifs is 1. The van der Waals surface area contributed by atoms with Crippen LogP contribution in [0.1, 0.15) is 11.1 Å². The minimum atomic E-state index is -3.71. The average Bonchev–Trinajstić information content (AvgIpc) is 2.65. The van der Waals surface area contributed by atoms with Gasteiger partial charge in [-0.1, -0.05) is 25.6 Å². The molecule has 0 aliphatic heterocycles. The van der Waals surface area contributed by atoms with Crippen LogP contribution in [0.25, 0.3) is 22.2 Å².